The van der Waals surface area contributed by atoms with Gasteiger partial charge in [-0.05, 0) is 141 Å². The monoisotopic (exact) mass is 1680 g/mol. The smallest absolute Gasteiger partial charge is 0.273 e. The number of carbonyl (C=O) groups is 4. The summed E-state index contributed by atoms with van der Waals surface area (Å²) in [5, 5.41) is 13.4. The summed E-state index contributed by atoms with van der Waals surface area (Å²) < 4.78 is 108. The molecule has 4 amide bonds. The highest BCUT2D eigenvalue weighted by Gasteiger charge is 2.36. The molecule has 124 heavy (non-hydrogen) atoms. The minimum absolute atomic E-state index is 0.0101. The number of rotatable bonds is 15. The Bertz CT molecular complexity index is 6770. The van der Waals surface area contributed by atoms with Crippen molar-refractivity contribution in [1.29, 1.82) is 0 Å². The van der Waals surface area contributed by atoms with Crippen LogP contribution in [0.15, 0.2) is 298 Å². The first-order valence-corrected chi connectivity index (χ1v) is 41.3. The standard InChI is InChI=1S/C24H19FN2O.C19H15FN2O.2C18H15FN4O.C18H16FN3O2S/c1-26-11-10-16-6-7-18(13-23(16)26)17-8-9-20(22(25)12-17)15-27-14-19-4-2-3-5-21(19)24(27)28;20-18-11-16(21-9-3-4-10-21)8-7-15(18)13-22-12-14-5-1-2-6-17(14)19(22)23;1-22-9-15(8-21-22)12-4-5-13(16(19)7-12)10-23-11-14-3-2-6-20-17(14)18(23)24;1-22-9-14(8-21-22)13-6-16(19)17(20-7-13)11-23-10-12-4-2-3-5-15(12)18(23)24;1-21-10-16(9-20-21)13-6-7-14(17(19)8-13)11-22-12-15-4-2-3-5-18(15)25(22,23)24/h2-13H,14-15H2,1H3;1-11H,12-13H2;2*2-9H,10-11H2,1H3;2-10H,11-12H2,1H3. The average Bonchev–Trinajstić information content (AvgIpc) is 1.58. The maximum absolute atomic E-state index is 14.8. The van der Waals surface area contributed by atoms with Crippen LogP contribution in [0.1, 0.15) is 97.3 Å². The van der Waals surface area contributed by atoms with E-state index >= 15 is 0 Å². The first kappa shape index (κ1) is 81.5. The van der Waals surface area contributed by atoms with Crippen LogP contribution in [0.2, 0.25) is 0 Å². The van der Waals surface area contributed by atoms with E-state index in [2.05, 4.69) is 48.0 Å². The number of nitrogens with zero attached hydrogens (tertiary/aromatic N) is 15. The summed E-state index contributed by atoms with van der Waals surface area (Å²) in [5.74, 6) is -2.04. The van der Waals surface area contributed by atoms with Crippen LogP contribution < -0.4 is 0 Å². The lowest BCUT2D eigenvalue weighted by Gasteiger charge is -2.16. The fourth-order valence-electron chi connectivity index (χ4n) is 15.9. The topological polar surface area (TPSA) is 208 Å². The van der Waals surface area contributed by atoms with Gasteiger partial charge in [0.25, 0.3) is 23.6 Å². The molecule has 0 fully saturated rings. The molecule has 21 nitrogen and oxygen atoms in total. The fraction of sp³-hybridized carbons (Fsp3) is 0.144. The third kappa shape index (κ3) is 17.2. The summed E-state index contributed by atoms with van der Waals surface area (Å²) in [6.07, 6.45) is 19.4. The minimum atomic E-state index is -3.57. The van der Waals surface area contributed by atoms with E-state index in [9.17, 15) is 49.5 Å². The molecular weight excluding hydrogens is 1600 g/mol. The van der Waals surface area contributed by atoms with Crippen LogP contribution in [-0.2, 0) is 104 Å². The molecule has 5 aliphatic rings. The highest BCUT2D eigenvalue weighted by Crippen LogP contribution is 2.36. The number of fused-ring (bicyclic) bond motifs is 6. The van der Waals surface area contributed by atoms with Gasteiger partial charge in [0.1, 0.15) is 34.8 Å². The summed E-state index contributed by atoms with van der Waals surface area (Å²) in [7, 11) is 3.85. The first-order valence-electron chi connectivity index (χ1n) is 39.9. The van der Waals surface area contributed by atoms with Crippen LogP contribution in [0.4, 0.5) is 22.0 Å². The quantitative estimate of drug-likeness (QED) is 0.0882. The summed E-state index contributed by atoms with van der Waals surface area (Å²) in [5.41, 5.74) is 17.7. The Morgan fingerprint density at radius 2 is 0.766 bits per heavy atom. The second-order valence-corrected chi connectivity index (χ2v) is 32.8. The molecule has 0 spiro atoms. The molecule has 0 saturated carbocycles. The Labute approximate surface area is 711 Å². The predicted molar refractivity (Wildman–Crippen MR) is 458 cm³/mol. The van der Waals surface area contributed by atoms with Crippen molar-refractivity contribution in [2.45, 2.75) is 70.3 Å². The van der Waals surface area contributed by atoms with Crippen molar-refractivity contribution in [3.63, 3.8) is 0 Å². The van der Waals surface area contributed by atoms with Crippen LogP contribution in [0.3, 0.4) is 0 Å². The Morgan fingerprint density at radius 1 is 0.347 bits per heavy atom. The molecule has 16 aromatic rings. The highest BCUT2D eigenvalue weighted by atomic mass is 32.2. The number of carbonyl (C=O) groups excluding carboxylic acids is 4. The zero-order chi connectivity index (χ0) is 86.0. The summed E-state index contributed by atoms with van der Waals surface area (Å²) >= 11 is 0. The number of amides is 4. The number of sulfonamides is 1. The largest absolute Gasteiger partial charge is 0.351 e. The lowest BCUT2D eigenvalue weighted by Crippen LogP contribution is -2.24. The van der Waals surface area contributed by atoms with Crippen molar-refractivity contribution in [2.24, 2.45) is 28.2 Å². The molecule has 0 atom stereocenters. The van der Waals surface area contributed by atoms with Crippen molar-refractivity contribution < 1.29 is 49.5 Å². The third-order valence-electron chi connectivity index (χ3n) is 22.5. The van der Waals surface area contributed by atoms with E-state index < -0.39 is 21.7 Å². The van der Waals surface area contributed by atoms with E-state index in [1.807, 2.05) is 153 Å². The van der Waals surface area contributed by atoms with Crippen molar-refractivity contribution in [3.8, 4) is 50.2 Å². The van der Waals surface area contributed by atoms with Gasteiger partial charge < -0.3 is 28.7 Å². The number of hydrogen-bond acceptors (Lipinski definition) is 11. The predicted octanol–water partition coefficient (Wildman–Crippen LogP) is 17.4. The second kappa shape index (κ2) is 34.7. The number of halogens is 5. The van der Waals surface area contributed by atoms with Crippen molar-refractivity contribution >= 4 is 44.6 Å². The molecule has 12 heterocycles. The van der Waals surface area contributed by atoms with Crippen LogP contribution in [-0.4, -0.2) is 104 Å². The molecule has 0 aliphatic carbocycles. The lowest BCUT2D eigenvalue weighted by molar-refractivity contribution is 0.0754. The van der Waals surface area contributed by atoms with Crippen LogP contribution in [0.25, 0.3) is 61.1 Å². The van der Waals surface area contributed by atoms with Crippen molar-refractivity contribution in [2.75, 3.05) is 0 Å². The molecular formula is C97H80F5N15O6S. The second-order valence-electron chi connectivity index (χ2n) is 30.9. The van der Waals surface area contributed by atoms with E-state index in [0.29, 0.717) is 75.7 Å². The molecule has 0 bridgehead atoms. The van der Waals surface area contributed by atoms with Crippen LogP contribution >= 0.6 is 0 Å². The van der Waals surface area contributed by atoms with E-state index in [0.717, 1.165) is 88.9 Å². The molecule has 0 saturated heterocycles. The average molecular weight is 1680 g/mol. The maximum atomic E-state index is 14.8. The minimum Gasteiger partial charge on any atom is -0.351 e. The molecule has 5 aliphatic heterocycles. The molecule has 27 heteroatoms. The highest BCUT2D eigenvalue weighted by molar-refractivity contribution is 7.89. The van der Waals surface area contributed by atoms with E-state index in [4.69, 9.17) is 0 Å². The number of pyridine rings is 2. The van der Waals surface area contributed by atoms with Gasteiger partial charge in [0.2, 0.25) is 10.0 Å². The lowest BCUT2D eigenvalue weighted by atomic mass is 10.0. The van der Waals surface area contributed by atoms with Gasteiger partial charge >= 0.3 is 0 Å². The summed E-state index contributed by atoms with van der Waals surface area (Å²) in [4.78, 5) is 64.8. The summed E-state index contributed by atoms with van der Waals surface area (Å²) in [6.45, 7) is 3.24. The van der Waals surface area contributed by atoms with Gasteiger partial charge in [0.15, 0.2) is 0 Å². The van der Waals surface area contributed by atoms with E-state index in [1.54, 1.807) is 164 Å². The number of hydrogen-bond donors (Lipinski definition) is 0. The van der Waals surface area contributed by atoms with Gasteiger partial charge in [0.05, 0.1) is 35.7 Å². The van der Waals surface area contributed by atoms with Gasteiger partial charge in [-0.15, -0.1) is 0 Å². The Balaban J connectivity index is 0.000000110. The maximum Gasteiger partial charge on any atom is 0.273 e. The molecule has 0 radical (unpaired) electrons. The molecule has 0 unspecified atom stereocenters. The van der Waals surface area contributed by atoms with Gasteiger partial charge in [-0.1, -0.05) is 133 Å². The Hall–Kier alpha value is -14.8. The zero-order valence-corrected chi connectivity index (χ0v) is 68.6. The molecule has 21 rings (SSSR count). The van der Waals surface area contributed by atoms with Gasteiger partial charge in [-0.3, -0.25) is 43.2 Å². The summed E-state index contributed by atoms with van der Waals surface area (Å²) in [6, 6.07) is 66.8. The Kier molecular flexibility index (Phi) is 22.8. The molecule has 7 aromatic heterocycles. The zero-order valence-electron chi connectivity index (χ0n) is 67.7. The van der Waals surface area contributed by atoms with Gasteiger partial charge in [-0.2, -0.15) is 19.6 Å². The van der Waals surface area contributed by atoms with Gasteiger partial charge in [0, 0.05) is 215 Å². The van der Waals surface area contributed by atoms with Gasteiger partial charge in [-0.25, -0.2) is 30.4 Å². The molecule has 9 aromatic carbocycles. The van der Waals surface area contributed by atoms with Crippen LogP contribution in [0, 0.1) is 29.1 Å². The number of aryl methyl sites for hydroxylation is 4. The van der Waals surface area contributed by atoms with Crippen molar-refractivity contribution in [3.05, 3.63) is 400 Å². The first-order chi connectivity index (χ1) is 60.0. The van der Waals surface area contributed by atoms with Crippen LogP contribution in [0.5, 0.6) is 0 Å². The van der Waals surface area contributed by atoms with Crippen molar-refractivity contribution in [1.82, 2.24) is 72.3 Å². The fourth-order valence-corrected chi connectivity index (χ4v) is 17.5. The Morgan fingerprint density at radius 3 is 1.24 bits per heavy atom. The SMILES string of the molecule is Cn1cc(-c2ccc(CN3Cc4ccccc4S3(=O)=O)c(F)c2)cn1.Cn1cc(-c2ccc(CN3Cc4cccnc4C3=O)c(F)c2)cn1.Cn1cc(-c2cnc(CN3Cc4ccccc4C3=O)c(F)c2)cn1.Cn1ccc2ccc(-c3ccc(CN4Cc5ccccc5C4=O)c(F)c3)cc21.O=C1c2ccccc2CN1Cc1ccc(-n2cccc2)cc1F. The van der Waals surface area contributed by atoms with E-state index in [1.165, 1.54) is 28.6 Å². The molecule has 0 N–H and O–H groups in total. The third-order valence-corrected chi connectivity index (χ3v) is 24.4. The molecule has 620 valence electrons. The normalized spacial score (nSPS) is 13.9. The van der Waals surface area contributed by atoms with E-state index in [-0.39, 0.29) is 86.0 Å². The number of benzene rings is 9. The number of aromatic nitrogens is 10.